The molecule has 0 aliphatic carbocycles. The zero-order chi connectivity index (χ0) is 22.6. The quantitative estimate of drug-likeness (QED) is 0.325. The van der Waals surface area contributed by atoms with E-state index in [1.165, 1.54) is 0 Å². The highest BCUT2D eigenvalue weighted by molar-refractivity contribution is 6.33. The van der Waals surface area contributed by atoms with Crippen molar-refractivity contribution in [1.29, 1.82) is 0 Å². The highest BCUT2D eigenvalue weighted by atomic mass is 35.5. The van der Waals surface area contributed by atoms with Gasteiger partial charge >= 0.3 is 0 Å². The van der Waals surface area contributed by atoms with Crippen molar-refractivity contribution in [2.75, 3.05) is 0 Å². The maximum absolute atomic E-state index is 13.7. The van der Waals surface area contributed by atoms with Gasteiger partial charge in [0.1, 0.15) is 11.4 Å². The van der Waals surface area contributed by atoms with Crippen LogP contribution in [0, 0.1) is 0 Å². The van der Waals surface area contributed by atoms with E-state index in [0.29, 0.717) is 10.6 Å². The maximum atomic E-state index is 13.7. The van der Waals surface area contributed by atoms with Crippen molar-refractivity contribution >= 4 is 29.2 Å². The van der Waals surface area contributed by atoms with Crippen LogP contribution in [0.4, 0.5) is 0 Å². The van der Waals surface area contributed by atoms with Gasteiger partial charge in [0.2, 0.25) is 0 Å². The number of benzene rings is 3. The van der Waals surface area contributed by atoms with Gasteiger partial charge in [0.25, 0.3) is 5.91 Å². The average molecular weight is 446 g/mol. The van der Waals surface area contributed by atoms with Crippen molar-refractivity contribution in [3.63, 3.8) is 0 Å². The van der Waals surface area contributed by atoms with Crippen LogP contribution in [0.25, 0.3) is 11.6 Å². The predicted molar refractivity (Wildman–Crippen MR) is 132 cm³/mol. The Labute approximate surface area is 195 Å². The molecule has 0 fully saturated rings. The minimum absolute atomic E-state index is 0.126. The second-order valence-electron chi connectivity index (χ2n) is 8.21. The summed E-state index contributed by atoms with van der Waals surface area (Å²) >= 11 is 6.40. The molecule has 1 atom stereocenters. The SMILES string of the molecule is CCC1(CC)CC(NC(=O)/C(=C/c2ccccc2Cl)c2ccccc2)c2ccccc2O1. The Hall–Kier alpha value is -3.04. The standard InChI is InChI=1S/C28H28ClNO2/c1-3-28(4-2)19-25(22-15-9-11-17-26(22)32-28)30-27(31)23(20-12-6-5-7-13-20)18-21-14-8-10-16-24(21)29/h5-18,25H,3-4,19H2,1-2H3,(H,30,31)/b23-18+. The average Bonchev–Trinajstić information content (AvgIpc) is 2.83. The van der Waals surface area contributed by atoms with Gasteiger partial charge < -0.3 is 10.1 Å². The van der Waals surface area contributed by atoms with E-state index in [0.717, 1.165) is 41.7 Å². The molecular formula is C28H28ClNO2. The molecule has 0 spiro atoms. The lowest BCUT2D eigenvalue weighted by Crippen LogP contribution is -2.44. The molecule has 1 aliphatic rings. The molecule has 3 aromatic rings. The molecule has 4 heteroatoms. The highest BCUT2D eigenvalue weighted by Crippen LogP contribution is 2.43. The summed E-state index contributed by atoms with van der Waals surface area (Å²) in [6.07, 6.45) is 4.36. The topological polar surface area (TPSA) is 38.3 Å². The molecule has 1 N–H and O–H groups in total. The van der Waals surface area contributed by atoms with Gasteiger partial charge in [-0.25, -0.2) is 0 Å². The zero-order valence-electron chi connectivity index (χ0n) is 18.5. The van der Waals surface area contributed by atoms with Gasteiger partial charge in [0.15, 0.2) is 0 Å². The number of hydrogen-bond acceptors (Lipinski definition) is 2. The van der Waals surface area contributed by atoms with E-state index in [1.807, 2.05) is 84.9 Å². The molecule has 0 radical (unpaired) electrons. The number of halogens is 1. The first-order chi connectivity index (χ1) is 15.5. The number of nitrogens with one attached hydrogen (secondary N) is 1. The lowest BCUT2D eigenvalue weighted by Gasteiger charge is -2.41. The van der Waals surface area contributed by atoms with Crippen molar-refractivity contribution in [3.05, 3.63) is 101 Å². The smallest absolute Gasteiger partial charge is 0.252 e. The van der Waals surface area contributed by atoms with Crippen molar-refractivity contribution in [2.24, 2.45) is 0 Å². The van der Waals surface area contributed by atoms with Crippen LogP contribution in [-0.2, 0) is 4.79 Å². The van der Waals surface area contributed by atoms with Gasteiger partial charge in [-0.15, -0.1) is 0 Å². The Morgan fingerprint density at radius 3 is 2.38 bits per heavy atom. The van der Waals surface area contributed by atoms with Gasteiger partial charge in [0.05, 0.1) is 6.04 Å². The summed E-state index contributed by atoms with van der Waals surface area (Å²) in [6.45, 7) is 4.28. The summed E-state index contributed by atoms with van der Waals surface area (Å²) in [6, 6.07) is 25.1. The number of amides is 1. The minimum atomic E-state index is -0.286. The number of ether oxygens (including phenoxy) is 1. The van der Waals surface area contributed by atoms with E-state index in [1.54, 1.807) is 0 Å². The number of rotatable bonds is 6. The molecule has 0 saturated carbocycles. The molecule has 3 aromatic carbocycles. The normalized spacial score (nSPS) is 17.2. The molecule has 0 aromatic heterocycles. The van der Waals surface area contributed by atoms with Crippen molar-refractivity contribution in [2.45, 2.75) is 44.8 Å². The fraction of sp³-hybridized carbons (Fsp3) is 0.250. The zero-order valence-corrected chi connectivity index (χ0v) is 19.2. The molecule has 1 unspecified atom stereocenters. The van der Waals surface area contributed by atoms with Crippen LogP contribution in [0.2, 0.25) is 5.02 Å². The second kappa shape index (κ2) is 9.62. The lowest BCUT2D eigenvalue weighted by molar-refractivity contribution is -0.117. The monoisotopic (exact) mass is 445 g/mol. The molecule has 3 nitrogen and oxygen atoms in total. The highest BCUT2D eigenvalue weighted by Gasteiger charge is 2.39. The van der Waals surface area contributed by atoms with Gasteiger partial charge in [-0.2, -0.15) is 0 Å². The van der Waals surface area contributed by atoms with Gasteiger partial charge in [-0.05, 0) is 42.2 Å². The van der Waals surface area contributed by atoms with E-state index in [9.17, 15) is 4.79 Å². The number of carbonyl (C=O) groups excluding carboxylic acids is 1. The van der Waals surface area contributed by atoms with Crippen LogP contribution < -0.4 is 10.1 Å². The second-order valence-corrected chi connectivity index (χ2v) is 8.61. The Kier molecular flexibility index (Phi) is 6.66. The largest absolute Gasteiger partial charge is 0.487 e. The van der Waals surface area contributed by atoms with Gasteiger partial charge in [-0.1, -0.05) is 92.2 Å². The summed E-state index contributed by atoms with van der Waals surface area (Å²) in [7, 11) is 0. The molecule has 1 heterocycles. The first kappa shape index (κ1) is 22.2. The third kappa shape index (κ3) is 4.58. The van der Waals surface area contributed by atoms with Crippen LogP contribution in [0.5, 0.6) is 5.75 Å². The van der Waals surface area contributed by atoms with Gasteiger partial charge in [0, 0.05) is 22.6 Å². The Morgan fingerprint density at radius 1 is 1.00 bits per heavy atom. The molecular weight excluding hydrogens is 418 g/mol. The van der Waals surface area contributed by atoms with Crippen LogP contribution in [0.1, 0.15) is 55.8 Å². The predicted octanol–water partition coefficient (Wildman–Crippen LogP) is 7.08. The third-order valence-electron chi connectivity index (χ3n) is 6.33. The summed E-state index contributed by atoms with van der Waals surface area (Å²) in [5.74, 6) is 0.725. The fourth-order valence-corrected chi connectivity index (χ4v) is 4.50. The van der Waals surface area contributed by atoms with Crippen LogP contribution in [-0.4, -0.2) is 11.5 Å². The number of fused-ring (bicyclic) bond motifs is 1. The van der Waals surface area contributed by atoms with E-state index in [4.69, 9.17) is 16.3 Å². The first-order valence-corrected chi connectivity index (χ1v) is 11.5. The maximum Gasteiger partial charge on any atom is 0.252 e. The Bertz CT molecular complexity index is 1120. The van der Waals surface area contributed by atoms with E-state index < -0.39 is 0 Å². The fourth-order valence-electron chi connectivity index (χ4n) is 4.31. The third-order valence-corrected chi connectivity index (χ3v) is 6.67. The molecule has 0 saturated heterocycles. The molecule has 0 bridgehead atoms. The van der Waals surface area contributed by atoms with Crippen molar-refractivity contribution in [3.8, 4) is 5.75 Å². The van der Waals surface area contributed by atoms with Crippen molar-refractivity contribution in [1.82, 2.24) is 5.32 Å². The first-order valence-electron chi connectivity index (χ1n) is 11.2. The van der Waals surface area contributed by atoms with Crippen LogP contribution in [0.15, 0.2) is 78.9 Å². The summed E-state index contributed by atoms with van der Waals surface area (Å²) < 4.78 is 6.40. The van der Waals surface area contributed by atoms with Gasteiger partial charge in [-0.3, -0.25) is 4.79 Å². The Balaban J connectivity index is 1.72. The van der Waals surface area contributed by atoms with Crippen LogP contribution >= 0.6 is 11.6 Å². The van der Waals surface area contributed by atoms with E-state index in [2.05, 4.69) is 19.2 Å². The minimum Gasteiger partial charge on any atom is -0.487 e. The number of hydrogen-bond donors (Lipinski definition) is 1. The molecule has 1 amide bonds. The molecule has 32 heavy (non-hydrogen) atoms. The lowest BCUT2D eigenvalue weighted by atomic mass is 9.83. The van der Waals surface area contributed by atoms with E-state index >= 15 is 0 Å². The number of para-hydroxylation sites is 1. The summed E-state index contributed by atoms with van der Waals surface area (Å²) in [5, 5.41) is 3.92. The summed E-state index contributed by atoms with van der Waals surface area (Å²) in [5.41, 5.74) is 2.98. The van der Waals surface area contributed by atoms with E-state index in [-0.39, 0.29) is 17.6 Å². The summed E-state index contributed by atoms with van der Waals surface area (Å²) in [4.78, 5) is 13.7. The van der Waals surface area contributed by atoms with Crippen molar-refractivity contribution < 1.29 is 9.53 Å². The molecule has 164 valence electrons. The molecule has 4 rings (SSSR count). The Morgan fingerprint density at radius 2 is 1.66 bits per heavy atom. The molecule has 1 aliphatic heterocycles. The number of carbonyl (C=O) groups is 1. The van der Waals surface area contributed by atoms with Crippen LogP contribution in [0.3, 0.4) is 0 Å².